The summed E-state index contributed by atoms with van der Waals surface area (Å²) < 4.78 is 9.36. The van der Waals surface area contributed by atoms with Crippen molar-refractivity contribution in [3.8, 4) is 0 Å². The maximum Gasteiger partial charge on any atom is 1.00 e. The number of hydrogen-bond donors (Lipinski definition) is 2. The van der Waals surface area contributed by atoms with E-state index < -0.39 is 13.3 Å². The largest absolute Gasteiger partial charge is 1.00 e. The van der Waals surface area contributed by atoms with Crippen molar-refractivity contribution in [2.24, 2.45) is 0 Å². The molecule has 17 nitrogen and oxygen atoms in total. The first-order valence-electron chi connectivity index (χ1n) is 1.21. The predicted molar refractivity (Wildman–Crippen MR) is 60.8 cm³/mol. The number of carboxylic acid groups (broad SMARTS) is 1. The fraction of sp³-hybridized carbons (Fsp3) is 0. The topological polar surface area (TPSA) is 476 Å². The van der Waals surface area contributed by atoms with Crippen LogP contribution < -0.4 is 34.7 Å². The summed E-state index contributed by atoms with van der Waals surface area (Å²) >= 11 is 0. The third-order valence-electron chi connectivity index (χ3n) is 0.238. The summed E-state index contributed by atoms with van der Waals surface area (Å²) in [7, 11) is -4.93. The second-order valence-electron chi connectivity index (χ2n) is 0.810. The average Bonchev–Trinajstić information content (AvgIpc) is 1.31. The molecule has 0 aliphatic carbocycles. The van der Waals surface area contributed by atoms with Crippen LogP contribution in [0.3, 0.4) is 0 Å². The maximum atomic E-state index is 9.36. The van der Waals surface area contributed by atoms with E-state index in [0.29, 0.717) is 0 Å². The molecule has 0 atom stereocenters. The van der Waals surface area contributed by atoms with Crippen molar-refractivity contribution in [2.45, 2.75) is 0 Å². The van der Waals surface area contributed by atoms with Gasteiger partial charge in [-0.15, -0.1) is 0 Å². The zero-order valence-electron chi connectivity index (χ0n) is 10.1. The molecule has 138 valence electrons. The van der Waals surface area contributed by atoms with E-state index in [2.05, 4.69) is 0 Å². The van der Waals surface area contributed by atoms with Gasteiger partial charge in [-0.2, -0.15) is 0 Å². The minimum atomic E-state index is -4.93. The molecule has 26 N–H and O–H groups in total. The van der Waals surface area contributed by atoms with Crippen LogP contribution in [-0.4, -0.2) is 81.2 Å². The van der Waals surface area contributed by atoms with Gasteiger partial charge in [-0.05, 0) is 0 Å². The van der Waals surface area contributed by atoms with Gasteiger partial charge in [0.25, 0.3) is 0 Å². The summed E-state index contributed by atoms with van der Waals surface area (Å²) in [5.41, 5.74) is -2.34. The first-order valence-corrected chi connectivity index (χ1v) is 2.83. The third kappa shape index (κ3) is 141. The predicted octanol–water partition coefficient (Wildman–Crippen LogP) is -14.4. The zero-order valence-corrected chi connectivity index (χ0v) is 13.0. The summed E-state index contributed by atoms with van der Waals surface area (Å²) in [4.78, 5) is 24.2. The Morgan fingerprint density at radius 3 is 0.700 bits per heavy atom. The monoisotopic (exact) mass is 364 g/mol. The van der Waals surface area contributed by atoms with Crippen LogP contribution in [0.2, 0.25) is 0 Å². The van der Waals surface area contributed by atoms with E-state index >= 15 is 0 Å². The molecule has 0 aromatic rings. The number of rotatable bonds is 1. The fourth-order valence-electron chi connectivity index (χ4n) is 0. The summed E-state index contributed by atoms with van der Waals surface area (Å²) in [6.45, 7) is 0. The molecule has 0 radical (unpaired) electrons. The van der Waals surface area contributed by atoms with Crippen LogP contribution >= 0.6 is 7.60 Å². The average molecular weight is 364 g/mol. The van der Waals surface area contributed by atoms with E-state index in [4.69, 9.17) is 19.7 Å². The number of hydrogen-bond acceptors (Lipinski definition) is 3. The molecule has 0 aromatic heterocycles. The van der Waals surface area contributed by atoms with Gasteiger partial charge >= 0.3 is 37.2 Å². The molecule has 20 heavy (non-hydrogen) atoms. The molecule has 0 fully saturated rings. The van der Waals surface area contributed by atoms with Crippen molar-refractivity contribution in [1.29, 1.82) is 0 Å². The first kappa shape index (κ1) is 196. The molecule has 0 bridgehead atoms. The molecular weight excluding hydrogens is 338 g/mol. The quantitative estimate of drug-likeness (QED) is 0.336. The Labute approximate surface area is 133 Å². The van der Waals surface area contributed by atoms with Crippen LogP contribution in [0.4, 0.5) is 4.79 Å². The van der Waals surface area contributed by atoms with Crippen molar-refractivity contribution in [3.63, 3.8) is 0 Å². The van der Waals surface area contributed by atoms with E-state index in [0.717, 1.165) is 0 Å². The molecule has 0 rings (SSSR count). The summed E-state index contributed by atoms with van der Waals surface area (Å²) in [6, 6.07) is 0. The number of carbonyl (C=O) groups excluding carboxylic acids is 1. The molecule has 0 unspecified atom stereocenters. The number of carbonyl (C=O) groups is 1. The Bertz CT molecular complexity index is 129. The molecule has 0 heterocycles. The summed E-state index contributed by atoms with van der Waals surface area (Å²) in [5.74, 6) is 0. The Hall–Kier alpha value is 0.140. The van der Waals surface area contributed by atoms with Crippen molar-refractivity contribution >= 4 is 13.3 Å². The van der Waals surface area contributed by atoms with E-state index in [9.17, 15) is 4.57 Å². The van der Waals surface area contributed by atoms with E-state index in [1.54, 1.807) is 0 Å². The van der Waals surface area contributed by atoms with E-state index in [1.807, 2.05) is 0 Å². The summed E-state index contributed by atoms with van der Waals surface area (Å²) in [6.07, 6.45) is 0. The van der Waals surface area contributed by atoms with Crippen molar-refractivity contribution < 1.29 is 120 Å². The smallest absolute Gasteiger partial charge is 0.538 e. The second-order valence-corrected chi connectivity index (χ2v) is 2.26. The van der Waals surface area contributed by atoms with Gasteiger partial charge in [0.1, 0.15) is 0 Å². The minimum Gasteiger partial charge on any atom is -0.538 e. The van der Waals surface area contributed by atoms with Gasteiger partial charge in [-0.1, -0.05) is 0 Å². The van der Waals surface area contributed by atoms with Crippen LogP contribution in [0.1, 0.15) is 0 Å². The van der Waals surface area contributed by atoms with Crippen LogP contribution in [0, 0.1) is 0 Å². The Morgan fingerprint density at radius 1 is 0.650 bits per heavy atom. The van der Waals surface area contributed by atoms with Gasteiger partial charge in [-0.25, -0.2) is 0 Å². The van der Waals surface area contributed by atoms with Crippen molar-refractivity contribution in [1.82, 2.24) is 0 Å². The van der Waals surface area contributed by atoms with Crippen LogP contribution in [0.15, 0.2) is 0 Å². The van der Waals surface area contributed by atoms with E-state index in [1.165, 1.54) is 0 Å². The molecule has 0 saturated heterocycles. The van der Waals surface area contributed by atoms with Gasteiger partial charge in [0, 0.05) is 0 Å². The molecule has 0 amide bonds. The third-order valence-corrected chi connectivity index (χ3v) is 0.714. The molecule has 0 aliphatic rings. The SMILES string of the molecule is O.O.O.O.O.O.O.O.O.O.O.O.O=C([O-])P(=O)(O)O.[Na+]. The maximum absolute atomic E-state index is 9.36. The minimum absolute atomic E-state index is 0. The van der Waals surface area contributed by atoms with Crippen LogP contribution in [0.5, 0.6) is 0 Å². The van der Waals surface area contributed by atoms with Gasteiger partial charge in [0.15, 0.2) is 5.71 Å². The fourth-order valence-corrected chi connectivity index (χ4v) is 0. The Kier molecular flexibility index (Phi) is 738. The van der Waals surface area contributed by atoms with Crippen molar-refractivity contribution in [2.75, 3.05) is 0 Å². The molecule has 0 aliphatic heterocycles. The standard InChI is InChI=1S/CH3O5P.Na.12H2O/c2-1(3)7(4,5)6;;;;;;;;;;;;;/h(H,2,3)(H2,4,5,6);;12*1H2/q;+1;;;;;;;;;;;;/p-1. The zero-order chi connectivity index (χ0) is 6.08. The normalized spacial score (nSPS) is 3.90. The molecular formula is CH26NaO17P. The molecule has 19 heteroatoms. The Morgan fingerprint density at radius 2 is 0.700 bits per heavy atom. The van der Waals surface area contributed by atoms with Gasteiger partial charge in [0.2, 0.25) is 0 Å². The van der Waals surface area contributed by atoms with Gasteiger partial charge in [-0.3, -0.25) is 4.57 Å². The molecule has 0 aromatic carbocycles. The second kappa shape index (κ2) is 75.4. The molecule has 0 spiro atoms. The van der Waals surface area contributed by atoms with Gasteiger partial charge < -0.3 is 85.4 Å². The van der Waals surface area contributed by atoms with Crippen molar-refractivity contribution in [3.05, 3.63) is 0 Å². The van der Waals surface area contributed by atoms with Crippen LogP contribution in [-0.2, 0) is 4.57 Å². The van der Waals surface area contributed by atoms with Gasteiger partial charge in [0.05, 0.1) is 0 Å². The van der Waals surface area contributed by atoms with Crippen LogP contribution in [0.25, 0.3) is 0 Å². The first-order chi connectivity index (χ1) is 2.94. The van der Waals surface area contributed by atoms with E-state index in [-0.39, 0.29) is 95.3 Å². The molecule has 0 saturated carbocycles. The Balaban J connectivity index is -0.00000000231. The summed E-state index contributed by atoms with van der Waals surface area (Å²) in [5, 5.41) is 9.15.